The number of aromatic nitrogens is 3. The number of para-hydroxylation sites is 1. The molecule has 3 heterocycles. The Labute approximate surface area is 211 Å². The van der Waals surface area contributed by atoms with Gasteiger partial charge in [0.25, 0.3) is 5.56 Å². The van der Waals surface area contributed by atoms with Gasteiger partial charge < -0.3 is 9.30 Å². The largest absolute Gasteiger partial charge is 0.455 e. The van der Waals surface area contributed by atoms with E-state index in [1.165, 1.54) is 33.4 Å². The molecule has 0 aliphatic carbocycles. The van der Waals surface area contributed by atoms with Crippen LogP contribution in [0.1, 0.15) is 28.2 Å². The molecule has 0 saturated carbocycles. The van der Waals surface area contributed by atoms with Crippen LogP contribution in [0.5, 0.6) is 0 Å². The molecule has 0 radical (unpaired) electrons. The van der Waals surface area contributed by atoms with Crippen LogP contribution in [0.2, 0.25) is 0 Å². The zero-order valence-electron chi connectivity index (χ0n) is 20.0. The molecular formula is C28H22N4O3S. The number of carbonyl (C=O) groups is 1. The van der Waals surface area contributed by atoms with Crippen LogP contribution in [0.15, 0.2) is 71.0 Å². The Bertz CT molecular complexity index is 1770. The van der Waals surface area contributed by atoms with E-state index >= 15 is 0 Å². The van der Waals surface area contributed by atoms with Gasteiger partial charge in [0.05, 0.1) is 15.9 Å². The Morgan fingerprint density at radius 1 is 1.11 bits per heavy atom. The van der Waals surface area contributed by atoms with Crippen molar-refractivity contribution in [3.05, 3.63) is 105 Å². The van der Waals surface area contributed by atoms with E-state index in [1.807, 2.05) is 81.4 Å². The first-order chi connectivity index (χ1) is 17.4. The van der Waals surface area contributed by atoms with Crippen molar-refractivity contribution in [3.63, 3.8) is 0 Å². The summed E-state index contributed by atoms with van der Waals surface area (Å²) < 4.78 is 9.91. The lowest BCUT2D eigenvalue weighted by Gasteiger charge is -2.10. The van der Waals surface area contributed by atoms with Crippen LogP contribution in [0.25, 0.3) is 26.9 Å². The predicted molar refractivity (Wildman–Crippen MR) is 140 cm³/mol. The molecule has 0 amide bonds. The first-order valence-corrected chi connectivity index (χ1v) is 12.1. The minimum Gasteiger partial charge on any atom is -0.455 e. The third-order valence-corrected chi connectivity index (χ3v) is 7.02. The van der Waals surface area contributed by atoms with Crippen LogP contribution in [-0.2, 0) is 16.1 Å². The first-order valence-electron chi connectivity index (χ1n) is 11.3. The summed E-state index contributed by atoms with van der Waals surface area (Å²) in [6.45, 7) is 5.74. The lowest BCUT2D eigenvalue weighted by atomic mass is 10.1. The van der Waals surface area contributed by atoms with Gasteiger partial charge in [-0.25, -0.2) is 9.78 Å². The quantitative estimate of drug-likeness (QED) is 0.189. The molecule has 0 aliphatic heterocycles. The number of carbonyl (C=O) groups excluding carboxylic acids is 1. The topological polar surface area (TPSA) is 89.4 Å². The molecule has 0 unspecified atom stereocenters. The Morgan fingerprint density at radius 3 is 2.61 bits per heavy atom. The highest BCUT2D eigenvalue weighted by Crippen LogP contribution is 2.25. The number of thiazole rings is 1. The van der Waals surface area contributed by atoms with Gasteiger partial charge >= 0.3 is 5.97 Å². The second kappa shape index (κ2) is 9.29. The van der Waals surface area contributed by atoms with Crippen molar-refractivity contribution in [3.8, 4) is 11.8 Å². The summed E-state index contributed by atoms with van der Waals surface area (Å²) in [7, 11) is 0. The van der Waals surface area contributed by atoms with Crippen molar-refractivity contribution < 1.29 is 9.53 Å². The number of ether oxygens (including phenoxy) is 1. The van der Waals surface area contributed by atoms with Gasteiger partial charge in [0.2, 0.25) is 0 Å². The third kappa shape index (κ3) is 4.21. The van der Waals surface area contributed by atoms with Gasteiger partial charge in [-0.1, -0.05) is 41.2 Å². The van der Waals surface area contributed by atoms with Gasteiger partial charge in [0.1, 0.15) is 18.2 Å². The van der Waals surface area contributed by atoms with Gasteiger partial charge in [-0.05, 0) is 62.7 Å². The van der Waals surface area contributed by atoms with Crippen LogP contribution in [0, 0.1) is 32.1 Å². The Morgan fingerprint density at radius 2 is 1.86 bits per heavy atom. The van der Waals surface area contributed by atoms with Gasteiger partial charge in [-0.15, -0.1) is 0 Å². The molecule has 178 valence electrons. The number of hydrogen-bond acceptors (Lipinski definition) is 6. The average Bonchev–Trinajstić information content (AvgIpc) is 3.38. The Kier molecular flexibility index (Phi) is 6.00. The van der Waals surface area contributed by atoms with Crippen molar-refractivity contribution in [1.29, 1.82) is 5.26 Å². The van der Waals surface area contributed by atoms with Crippen molar-refractivity contribution in [2.75, 3.05) is 0 Å². The van der Waals surface area contributed by atoms with Crippen LogP contribution in [0.3, 0.4) is 0 Å². The normalized spacial score (nSPS) is 11.7. The maximum absolute atomic E-state index is 12.7. The number of hydrogen-bond donors (Lipinski definition) is 0. The summed E-state index contributed by atoms with van der Waals surface area (Å²) in [4.78, 5) is 30.4. The lowest BCUT2D eigenvalue weighted by Crippen LogP contribution is -2.15. The van der Waals surface area contributed by atoms with E-state index < -0.39 is 5.97 Å². The van der Waals surface area contributed by atoms with Gasteiger partial charge in [0.15, 0.2) is 4.96 Å². The smallest absolute Gasteiger partial charge is 0.349 e. The molecule has 2 aromatic carbocycles. The molecule has 0 saturated heterocycles. The number of nitriles is 1. The minimum absolute atomic E-state index is 0.126. The molecule has 0 bridgehead atoms. The zero-order valence-corrected chi connectivity index (χ0v) is 20.8. The van der Waals surface area contributed by atoms with E-state index in [4.69, 9.17) is 4.74 Å². The number of nitrogens with zero attached hydrogens (tertiary/aromatic N) is 4. The first kappa shape index (κ1) is 23.3. The average molecular weight is 495 g/mol. The van der Waals surface area contributed by atoms with Crippen molar-refractivity contribution in [2.45, 2.75) is 27.4 Å². The molecule has 5 aromatic rings. The number of aryl methyl sites for hydroxylation is 2. The fourth-order valence-corrected chi connectivity index (χ4v) is 5.28. The Balaban J connectivity index is 1.38. The predicted octanol–water partition coefficient (Wildman–Crippen LogP) is 5.28. The second-order valence-electron chi connectivity index (χ2n) is 8.52. The monoisotopic (exact) mass is 494 g/mol. The van der Waals surface area contributed by atoms with E-state index in [0.29, 0.717) is 10.7 Å². The summed E-state index contributed by atoms with van der Waals surface area (Å²) in [5.41, 5.74) is 5.55. The van der Waals surface area contributed by atoms with E-state index in [-0.39, 0.29) is 17.7 Å². The highest BCUT2D eigenvalue weighted by atomic mass is 32.1. The molecule has 0 atom stereocenters. The van der Waals surface area contributed by atoms with Crippen molar-refractivity contribution in [2.24, 2.45) is 0 Å². The number of esters is 1. The van der Waals surface area contributed by atoms with Crippen LogP contribution in [0.4, 0.5) is 0 Å². The number of fused-ring (bicyclic) bond motifs is 3. The lowest BCUT2D eigenvalue weighted by molar-refractivity contribution is -0.139. The molecular weight excluding hydrogens is 472 g/mol. The van der Waals surface area contributed by atoms with Gasteiger partial charge in [-0.3, -0.25) is 9.20 Å². The van der Waals surface area contributed by atoms with Gasteiger partial charge in [-0.2, -0.15) is 5.26 Å². The van der Waals surface area contributed by atoms with Crippen molar-refractivity contribution in [1.82, 2.24) is 14.0 Å². The maximum Gasteiger partial charge on any atom is 0.349 e. The van der Waals surface area contributed by atoms with Crippen molar-refractivity contribution >= 4 is 38.6 Å². The molecule has 3 aromatic heterocycles. The summed E-state index contributed by atoms with van der Waals surface area (Å²) in [6.07, 6.45) is 1.53. The van der Waals surface area contributed by atoms with E-state index in [0.717, 1.165) is 32.9 Å². The number of benzene rings is 2. The third-order valence-electron chi connectivity index (χ3n) is 6.00. The highest BCUT2D eigenvalue weighted by Gasteiger charge is 2.16. The molecule has 7 nitrogen and oxygen atoms in total. The van der Waals surface area contributed by atoms with E-state index in [1.54, 1.807) is 0 Å². The summed E-state index contributed by atoms with van der Waals surface area (Å²) in [5, 5.41) is 9.64. The molecule has 5 rings (SSSR count). The molecule has 8 heteroatoms. The maximum atomic E-state index is 12.7. The summed E-state index contributed by atoms with van der Waals surface area (Å²) in [5.74, 6) is -0.768. The molecule has 36 heavy (non-hydrogen) atoms. The summed E-state index contributed by atoms with van der Waals surface area (Å²) in [6, 6.07) is 20.9. The summed E-state index contributed by atoms with van der Waals surface area (Å²) >= 11 is 1.39. The second-order valence-corrected chi connectivity index (χ2v) is 9.53. The molecule has 0 fully saturated rings. The molecule has 0 N–H and O–H groups in total. The van der Waals surface area contributed by atoms with Crippen LogP contribution >= 0.6 is 11.3 Å². The van der Waals surface area contributed by atoms with E-state index in [2.05, 4.69) is 9.55 Å². The van der Waals surface area contributed by atoms with Crippen LogP contribution in [-0.4, -0.2) is 19.9 Å². The fraction of sp³-hybridized carbons (Fsp3) is 0.143. The minimum atomic E-state index is -0.768. The van der Waals surface area contributed by atoms with Gasteiger partial charge in [0, 0.05) is 23.1 Å². The van der Waals surface area contributed by atoms with E-state index in [9.17, 15) is 14.9 Å². The number of rotatable bonds is 5. The fourth-order valence-electron chi connectivity index (χ4n) is 4.23. The zero-order chi connectivity index (χ0) is 25.4. The molecule has 0 spiro atoms. The highest BCUT2D eigenvalue weighted by molar-refractivity contribution is 7.23. The Hall–Kier alpha value is -4.48. The van der Waals surface area contributed by atoms with Crippen LogP contribution < -0.4 is 5.56 Å². The standard InChI is InChI=1S/C28H22N4O3S/c1-17-8-10-23(11-9-17)31-18(2)12-20(19(31)3)13-21(15-29)27(34)35-16-22-14-26(33)32-24-6-4-5-7-25(24)36-28(32)30-22/h4-14H,16H2,1-3H3/b21-13+. The SMILES string of the molecule is Cc1ccc(-n2c(C)cc(/C=C(\C#N)C(=O)OCc3cc(=O)n4c(n3)sc3ccccc34)c2C)cc1. The molecule has 0 aliphatic rings.